The first-order valence-corrected chi connectivity index (χ1v) is 10.3. The van der Waals surface area contributed by atoms with Crippen LogP contribution in [-0.4, -0.2) is 22.5 Å². The SMILES string of the molecule is C/C(CC1CCC2[C@@H]3CC(=O)C4=CC(=O)CC[C@]4(C)[C@H]3CC[C@]12C)=N\O. The van der Waals surface area contributed by atoms with E-state index in [1.54, 1.807) is 6.08 Å². The van der Waals surface area contributed by atoms with E-state index in [2.05, 4.69) is 19.0 Å². The molecular formula is C22H31NO3. The van der Waals surface area contributed by atoms with Crippen molar-refractivity contribution >= 4 is 17.3 Å². The molecule has 0 bridgehead atoms. The van der Waals surface area contributed by atoms with Crippen LogP contribution in [0.2, 0.25) is 0 Å². The summed E-state index contributed by atoms with van der Waals surface area (Å²) in [4.78, 5) is 24.9. The number of hydrogen-bond donors (Lipinski definition) is 1. The molecule has 3 saturated carbocycles. The Balaban J connectivity index is 1.65. The average Bonchev–Trinajstić information content (AvgIpc) is 2.93. The highest BCUT2D eigenvalue weighted by atomic mass is 16.4. The second-order valence-electron chi connectivity index (χ2n) is 9.80. The number of hydrogen-bond acceptors (Lipinski definition) is 4. The average molecular weight is 357 g/mol. The number of ketones is 2. The monoisotopic (exact) mass is 357 g/mol. The van der Waals surface area contributed by atoms with Gasteiger partial charge in [-0.2, -0.15) is 0 Å². The number of Topliss-reactive ketones (excluding diaryl/α,β-unsaturated/α-hetero) is 1. The molecule has 26 heavy (non-hydrogen) atoms. The van der Waals surface area contributed by atoms with Gasteiger partial charge in [-0.1, -0.05) is 19.0 Å². The summed E-state index contributed by atoms with van der Waals surface area (Å²) >= 11 is 0. The van der Waals surface area contributed by atoms with Gasteiger partial charge in [-0.25, -0.2) is 0 Å². The molecule has 142 valence electrons. The van der Waals surface area contributed by atoms with Crippen molar-refractivity contribution in [3.8, 4) is 0 Å². The zero-order chi connectivity index (χ0) is 18.7. The zero-order valence-electron chi connectivity index (χ0n) is 16.3. The van der Waals surface area contributed by atoms with Crippen LogP contribution < -0.4 is 0 Å². The first-order chi connectivity index (χ1) is 12.3. The van der Waals surface area contributed by atoms with Crippen molar-refractivity contribution in [1.82, 2.24) is 0 Å². The standard InChI is InChI=1S/C22H31NO3/c1-13(23-26)10-14-4-5-17-16-12-20(25)19-11-15(24)6-8-22(19,3)18(16)7-9-21(14,17)2/h11,14,16-18,26H,4-10,12H2,1-3H3/b23-13+/t14?,16-,17?,18-,21+,22+/m0/s1. The molecule has 0 radical (unpaired) electrons. The number of rotatable bonds is 2. The maximum Gasteiger partial charge on any atom is 0.159 e. The van der Waals surface area contributed by atoms with Gasteiger partial charge >= 0.3 is 0 Å². The molecule has 1 N–H and O–H groups in total. The Kier molecular flexibility index (Phi) is 4.16. The summed E-state index contributed by atoms with van der Waals surface area (Å²) in [5, 5.41) is 12.5. The molecule has 0 spiro atoms. The highest BCUT2D eigenvalue weighted by Gasteiger charge is 2.60. The van der Waals surface area contributed by atoms with Crippen molar-refractivity contribution in [1.29, 1.82) is 0 Å². The third-order valence-corrected chi connectivity index (χ3v) is 8.70. The van der Waals surface area contributed by atoms with Crippen LogP contribution in [0.15, 0.2) is 16.8 Å². The first-order valence-electron chi connectivity index (χ1n) is 10.3. The fourth-order valence-corrected chi connectivity index (χ4v) is 7.23. The van der Waals surface area contributed by atoms with Crippen molar-refractivity contribution in [2.45, 2.75) is 72.1 Å². The topological polar surface area (TPSA) is 66.7 Å². The molecule has 4 rings (SSSR count). The molecule has 0 aromatic rings. The lowest BCUT2D eigenvalue weighted by Gasteiger charge is -2.57. The summed E-state index contributed by atoms with van der Waals surface area (Å²) in [5.74, 6) is 2.47. The zero-order valence-corrected chi connectivity index (χ0v) is 16.3. The molecule has 4 aliphatic rings. The summed E-state index contributed by atoms with van der Waals surface area (Å²) in [6.45, 7) is 6.57. The van der Waals surface area contributed by atoms with Gasteiger partial charge in [0.2, 0.25) is 0 Å². The van der Waals surface area contributed by atoms with Crippen molar-refractivity contribution in [3.05, 3.63) is 11.6 Å². The third kappa shape index (κ3) is 2.44. The van der Waals surface area contributed by atoms with Gasteiger partial charge in [0.15, 0.2) is 11.6 Å². The molecule has 0 amide bonds. The number of nitrogens with zero attached hydrogens (tertiary/aromatic N) is 1. The Morgan fingerprint density at radius 2 is 1.96 bits per heavy atom. The van der Waals surface area contributed by atoms with E-state index in [4.69, 9.17) is 5.21 Å². The summed E-state index contributed by atoms with van der Waals surface area (Å²) in [5.41, 5.74) is 1.80. The van der Waals surface area contributed by atoms with E-state index in [1.807, 2.05) is 6.92 Å². The van der Waals surface area contributed by atoms with Gasteiger partial charge in [-0.15, -0.1) is 0 Å². The second-order valence-corrected chi connectivity index (χ2v) is 9.80. The van der Waals surface area contributed by atoms with E-state index in [9.17, 15) is 9.59 Å². The molecule has 0 saturated heterocycles. The predicted octanol–water partition coefficient (Wildman–Crippen LogP) is 4.55. The lowest BCUT2D eigenvalue weighted by Crippen LogP contribution is -2.52. The van der Waals surface area contributed by atoms with E-state index in [1.165, 1.54) is 19.3 Å². The van der Waals surface area contributed by atoms with Crippen LogP contribution in [0.3, 0.4) is 0 Å². The van der Waals surface area contributed by atoms with Gasteiger partial charge in [-0.05, 0) is 86.0 Å². The van der Waals surface area contributed by atoms with Crippen molar-refractivity contribution in [2.24, 2.45) is 39.7 Å². The van der Waals surface area contributed by atoms with Gasteiger partial charge in [0, 0.05) is 18.4 Å². The number of carbonyl (C=O) groups excluding carboxylic acids is 2. The van der Waals surface area contributed by atoms with Crippen LogP contribution in [0.25, 0.3) is 0 Å². The third-order valence-electron chi connectivity index (χ3n) is 8.70. The minimum absolute atomic E-state index is 0.101. The molecule has 4 heteroatoms. The van der Waals surface area contributed by atoms with Crippen LogP contribution in [0, 0.1) is 34.5 Å². The number of fused-ring (bicyclic) bond motifs is 5. The van der Waals surface area contributed by atoms with Crippen LogP contribution in [0.5, 0.6) is 0 Å². The molecule has 6 atom stereocenters. The summed E-state index contributed by atoms with van der Waals surface area (Å²) in [6.07, 6.45) is 9.29. The Hall–Kier alpha value is -1.45. The normalized spacial score (nSPS) is 45.7. The lowest BCUT2D eigenvalue weighted by atomic mass is 9.46. The van der Waals surface area contributed by atoms with Gasteiger partial charge in [0.05, 0.1) is 5.71 Å². The molecule has 4 aliphatic carbocycles. The Morgan fingerprint density at radius 3 is 2.69 bits per heavy atom. The largest absolute Gasteiger partial charge is 0.411 e. The summed E-state index contributed by atoms with van der Waals surface area (Å²) in [6, 6.07) is 0. The van der Waals surface area contributed by atoms with E-state index in [0.717, 1.165) is 30.5 Å². The Labute approximate surface area is 156 Å². The first kappa shape index (κ1) is 17.9. The number of oxime groups is 1. The molecular weight excluding hydrogens is 326 g/mol. The van der Waals surface area contributed by atoms with E-state index in [-0.39, 0.29) is 22.4 Å². The lowest BCUT2D eigenvalue weighted by molar-refractivity contribution is -0.131. The summed E-state index contributed by atoms with van der Waals surface area (Å²) < 4.78 is 0. The maximum absolute atomic E-state index is 13.0. The molecule has 0 aromatic heterocycles. The van der Waals surface area contributed by atoms with Gasteiger partial charge in [0.1, 0.15) is 0 Å². The van der Waals surface area contributed by atoms with E-state index >= 15 is 0 Å². The fraction of sp³-hybridized carbons (Fsp3) is 0.773. The highest BCUT2D eigenvalue weighted by Crippen LogP contribution is 2.66. The molecule has 0 aliphatic heterocycles. The van der Waals surface area contributed by atoms with Crippen LogP contribution in [-0.2, 0) is 9.59 Å². The molecule has 4 nitrogen and oxygen atoms in total. The number of allylic oxidation sites excluding steroid dienone is 1. The van der Waals surface area contributed by atoms with Crippen molar-refractivity contribution < 1.29 is 14.8 Å². The predicted molar refractivity (Wildman–Crippen MR) is 100 cm³/mol. The van der Waals surface area contributed by atoms with Crippen molar-refractivity contribution in [2.75, 3.05) is 0 Å². The maximum atomic E-state index is 13.0. The highest BCUT2D eigenvalue weighted by molar-refractivity contribution is 6.05. The minimum Gasteiger partial charge on any atom is -0.411 e. The minimum atomic E-state index is -0.101. The van der Waals surface area contributed by atoms with E-state index < -0.39 is 0 Å². The van der Waals surface area contributed by atoms with Gasteiger partial charge in [-0.3, -0.25) is 9.59 Å². The Morgan fingerprint density at radius 1 is 1.19 bits per heavy atom. The Bertz CT molecular complexity index is 708. The van der Waals surface area contributed by atoms with Crippen molar-refractivity contribution in [3.63, 3.8) is 0 Å². The quantitative estimate of drug-likeness (QED) is 0.448. The summed E-state index contributed by atoms with van der Waals surface area (Å²) in [7, 11) is 0. The fourth-order valence-electron chi connectivity index (χ4n) is 7.23. The second kappa shape index (κ2) is 6.03. The van der Waals surface area contributed by atoms with E-state index in [0.29, 0.717) is 36.5 Å². The van der Waals surface area contributed by atoms with Crippen LogP contribution in [0.4, 0.5) is 0 Å². The number of carbonyl (C=O) groups is 2. The van der Waals surface area contributed by atoms with Gasteiger partial charge in [0.25, 0.3) is 0 Å². The van der Waals surface area contributed by atoms with Crippen LogP contribution in [0.1, 0.15) is 72.1 Å². The molecule has 2 unspecified atom stereocenters. The van der Waals surface area contributed by atoms with Crippen LogP contribution >= 0.6 is 0 Å². The molecule has 0 aromatic carbocycles. The smallest absolute Gasteiger partial charge is 0.159 e. The molecule has 0 heterocycles. The van der Waals surface area contributed by atoms with Gasteiger partial charge < -0.3 is 5.21 Å². The molecule has 3 fully saturated rings.